The van der Waals surface area contributed by atoms with Gasteiger partial charge in [-0.05, 0) is 48.0 Å². The minimum atomic E-state index is -0.988. The molecule has 0 saturated heterocycles. The fraction of sp³-hybridized carbons (Fsp3) is 0.0870. The third-order valence-corrected chi connectivity index (χ3v) is 4.64. The van der Waals surface area contributed by atoms with Crippen molar-refractivity contribution in [3.63, 3.8) is 0 Å². The van der Waals surface area contributed by atoms with E-state index in [-0.39, 0.29) is 17.7 Å². The lowest BCUT2D eigenvalue weighted by atomic mass is 10.1. The van der Waals surface area contributed by atoms with E-state index >= 15 is 0 Å². The second-order valence-electron chi connectivity index (χ2n) is 6.59. The molecule has 0 spiro atoms. The SMILES string of the molecule is COC(=O)c1cc(-c2cn3ccccc3n2)ccc1OCc1ccc(C(=O)O)cc1. The van der Waals surface area contributed by atoms with E-state index in [1.807, 2.05) is 41.1 Å². The number of rotatable bonds is 6. The van der Waals surface area contributed by atoms with Gasteiger partial charge in [0.05, 0.1) is 18.4 Å². The standard InChI is InChI=1S/C23H18N2O5/c1-29-23(28)18-12-17(19-13-25-11-3-2-4-21(25)24-19)9-10-20(18)30-14-15-5-7-16(8-6-15)22(26)27/h2-13H,14H2,1H3,(H,26,27). The second-order valence-corrected chi connectivity index (χ2v) is 6.59. The molecule has 1 N–H and O–H groups in total. The second kappa shape index (κ2) is 8.08. The van der Waals surface area contributed by atoms with Gasteiger partial charge in [0.1, 0.15) is 23.6 Å². The van der Waals surface area contributed by atoms with Crippen LogP contribution in [0, 0.1) is 0 Å². The van der Waals surface area contributed by atoms with Crippen LogP contribution in [-0.2, 0) is 11.3 Å². The first-order valence-electron chi connectivity index (χ1n) is 9.16. The van der Waals surface area contributed by atoms with Crippen molar-refractivity contribution in [2.45, 2.75) is 6.61 Å². The number of nitrogens with zero attached hydrogens (tertiary/aromatic N) is 2. The van der Waals surface area contributed by atoms with E-state index in [1.54, 1.807) is 24.3 Å². The molecule has 150 valence electrons. The smallest absolute Gasteiger partial charge is 0.341 e. The Labute approximate surface area is 172 Å². The van der Waals surface area contributed by atoms with Gasteiger partial charge in [-0.15, -0.1) is 0 Å². The predicted molar refractivity (Wildman–Crippen MR) is 110 cm³/mol. The Morgan fingerprint density at radius 3 is 2.57 bits per heavy atom. The summed E-state index contributed by atoms with van der Waals surface area (Å²) in [5.41, 5.74) is 3.55. The maximum absolute atomic E-state index is 12.3. The van der Waals surface area contributed by atoms with Gasteiger partial charge in [0.2, 0.25) is 0 Å². The van der Waals surface area contributed by atoms with Gasteiger partial charge in [-0.2, -0.15) is 0 Å². The first-order valence-corrected chi connectivity index (χ1v) is 9.16. The number of aromatic carboxylic acids is 1. The zero-order valence-electron chi connectivity index (χ0n) is 16.1. The van der Waals surface area contributed by atoms with E-state index in [1.165, 1.54) is 19.2 Å². The van der Waals surface area contributed by atoms with Gasteiger partial charge >= 0.3 is 11.9 Å². The Hall–Kier alpha value is -4.13. The molecule has 0 atom stereocenters. The molecule has 0 aliphatic heterocycles. The molecule has 30 heavy (non-hydrogen) atoms. The van der Waals surface area contributed by atoms with Gasteiger partial charge in [0, 0.05) is 18.0 Å². The highest BCUT2D eigenvalue weighted by Gasteiger charge is 2.16. The Kier molecular flexibility index (Phi) is 5.17. The fourth-order valence-corrected chi connectivity index (χ4v) is 3.06. The molecule has 0 aliphatic rings. The predicted octanol–water partition coefficient (Wildman–Crippen LogP) is 4.07. The summed E-state index contributed by atoms with van der Waals surface area (Å²) in [6.45, 7) is 0.178. The number of benzene rings is 2. The van der Waals surface area contributed by atoms with E-state index in [0.29, 0.717) is 5.75 Å². The average molecular weight is 402 g/mol. The highest BCUT2D eigenvalue weighted by atomic mass is 16.5. The molecular weight excluding hydrogens is 384 g/mol. The summed E-state index contributed by atoms with van der Waals surface area (Å²) in [4.78, 5) is 27.9. The number of esters is 1. The first-order chi connectivity index (χ1) is 14.5. The molecule has 0 unspecified atom stereocenters. The minimum absolute atomic E-state index is 0.178. The molecular formula is C23H18N2O5. The number of carbonyl (C=O) groups excluding carboxylic acids is 1. The number of fused-ring (bicyclic) bond motifs is 1. The van der Waals surface area contributed by atoms with Crippen molar-refractivity contribution in [2.24, 2.45) is 0 Å². The van der Waals surface area contributed by atoms with Crippen LogP contribution in [0.25, 0.3) is 16.9 Å². The number of carboxylic acid groups (broad SMARTS) is 1. The van der Waals surface area contributed by atoms with Crippen molar-refractivity contribution in [2.75, 3.05) is 7.11 Å². The number of methoxy groups -OCH3 is 1. The fourth-order valence-electron chi connectivity index (χ4n) is 3.06. The third kappa shape index (κ3) is 3.86. The van der Waals surface area contributed by atoms with E-state index in [9.17, 15) is 9.59 Å². The maximum Gasteiger partial charge on any atom is 0.341 e. The Balaban J connectivity index is 1.61. The summed E-state index contributed by atoms with van der Waals surface area (Å²) in [5, 5.41) is 8.99. The molecule has 0 bridgehead atoms. The lowest BCUT2D eigenvalue weighted by molar-refractivity contribution is 0.0594. The highest BCUT2D eigenvalue weighted by molar-refractivity contribution is 5.94. The van der Waals surface area contributed by atoms with Crippen molar-refractivity contribution < 1.29 is 24.2 Å². The molecule has 4 aromatic rings. The summed E-state index contributed by atoms with van der Waals surface area (Å²) >= 11 is 0. The molecule has 2 aromatic heterocycles. The third-order valence-electron chi connectivity index (χ3n) is 4.64. The number of carbonyl (C=O) groups is 2. The van der Waals surface area contributed by atoms with Crippen LogP contribution in [0.3, 0.4) is 0 Å². The molecule has 0 fully saturated rings. The van der Waals surface area contributed by atoms with Crippen LogP contribution in [-0.4, -0.2) is 33.5 Å². The first kappa shape index (κ1) is 19.2. The van der Waals surface area contributed by atoms with Crippen molar-refractivity contribution >= 4 is 17.6 Å². The van der Waals surface area contributed by atoms with Gasteiger partial charge in [-0.3, -0.25) is 0 Å². The van der Waals surface area contributed by atoms with Crippen molar-refractivity contribution in [3.8, 4) is 17.0 Å². The van der Waals surface area contributed by atoms with Crippen LogP contribution in [0.15, 0.2) is 73.1 Å². The molecule has 2 aromatic carbocycles. The molecule has 4 rings (SSSR count). The Morgan fingerprint density at radius 1 is 1.07 bits per heavy atom. The van der Waals surface area contributed by atoms with Gasteiger partial charge in [0.25, 0.3) is 0 Å². The van der Waals surface area contributed by atoms with Gasteiger partial charge < -0.3 is 19.0 Å². The molecule has 7 heteroatoms. The highest BCUT2D eigenvalue weighted by Crippen LogP contribution is 2.28. The number of pyridine rings is 1. The molecule has 7 nitrogen and oxygen atoms in total. The topological polar surface area (TPSA) is 90.1 Å². The Morgan fingerprint density at radius 2 is 1.87 bits per heavy atom. The molecule has 0 radical (unpaired) electrons. The average Bonchev–Trinajstić information content (AvgIpc) is 3.21. The minimum Gasteiger partial charge on any atom is -0.488 e. The number of ether oxygens (including phenoxy) is 2. The lowest BCUT2D eigenvalue weighted by Crippen LogP contribution is -2.06. The zero-order valence-corrected chi connectivity index (χ0v) is 16.1. The summed E-state index contributed by atoms with van der Waals surface area (Å²) in [6.07, 6.45) is 3.79. The number of aromatic nitrogens is 2. The van der Waals surface area contributed by atoms with E-state index in [4.69, 9.17) is 14.6 Å². The number of hydrogen-bond acceptors (Lipinski definition) is 5. The number of imidazole rings is 1. The lowest BCUT2D eigenvalue weighted by Gasteiger charge is -2.12. The molecule has 2 heterocycles. The molecule has 0 saturated carbocycles. The maximum atomic E-state index is 12.3. The summed E-state index contributed by atoms with van der Waals surface area (Å²) in [7, 11) is 1.31. The van der Waals surface area contributed by atoms with E-state index in [2.05, 4.69) is 4.98 Å². The normalized spacial score (nSPS) is 10.7. The van der Waals surface area contributed by atoms with Gasteiger partial charge in [-0.1, -0.05) is 18.2 Å². The van der Waals surface area contributed by atoms with Crippen molar-refractivity contribution in [1.29, 1.82) is 0 Å². The summed E-state index contributed by atoms with van der Waals surface area (Å²) in [6, 6.07) is 17.3. The number of carboxylic acids is 1. The van der Waals surface area contributed by atoms with Crippen LogP contribution < -0.4 is 4.74 Å². The largest absolute Gasteiger partial charge is 0.488 e. The van der Waals surface area contributed by atoms with Crippen molar-refractivity contribution in [1.82, 2.24) is 9.38 Å². The molecule has 0 aliphatic carbocycles. The van der Waals surface area contributed by atoms with Gasteiger partial charge in [-0.25, -0.2) is 14.6 Å². The van der Waals surface area contributed by atoms with Crippen LogP contribution in [0.1, 0.15) is 26.3 Å². The molecule has 0 amide bonds. The zero-order chi connectivity index (χ0) is 21.1. The number of hydrogen-bond donors (Lipinski definition) is 1. The van der Waals surface area contributed by atoms with Crippen LogP contribution in [0.5, 0.6) is 5.75 Å². The van der Waals surface area contributed by atoms with Crippen LogP contribution >= 0.6 is 0 Å². The quantitative estimate of drug-likeness (QED) is 0.489. The van der Waals surface area contributed by atoms with Crippen LogP contribution in [0.2, 0.25) is 0 Å². The van der Waals surface area contributed by atoms with E-state index in [0.717, 1.165) is 22.5 Å². The van der Waals surface area contributed by atoms with E-state index < -0.39 is 11.9 Å². The monoisotopic (exact) mass is 402 g/mol. The van der Waals surface area contributed by atoms with Gasteiger partial charge in [0.15, 0.2) is 0 Å². The van der Waals surface area contributed by atoms with Crippen molar-refractivity contribution in [3.05, 3.63) is 89.7 Å². The summed E-state index contributed by atoms with van der Waals surface area (Å²) in [5.74, 6) is -1.13. The van der Waals surface area contributed by atoms with Crippen LogP contribution in [0.4, 0.5) is 0 Å². The summed E-state index contributed by atoms with van der Waals surface area (Å²) < 4.78 is 12.6. The Bertz CT molecular complexity index is 1200.